The Morgan fingerprint density at radius 3 is 2.50 bits per heavy atom. The molecule has 1 heterocycles. The monoisotopic (exact) mass is 243 g/mol. The fourth-order valence-electron chi connectivity index (χ4n) is 3.87. The van der Waals surface area contributed by atoms with Crippen molar-refractivity contribution in [3.63, 3.8) is 0 Å². The van der Waals surface area contributed by atoms with Crippen molar-refractivity contribution in [3.8, 4) is 5.88 Å². The molecule has 0 radical (unpaired) electrons. The van der Waals surface area contributed by atoms with Crippen molar-refractivity contribution in [3.05, 3.63) is 23.9 Å². The molecular weight excluding hydrogens is 222 g/mol. The molecule has 4 rings (SSSR count). The van der Waals surface area contributed by atoms with Crippen LogP contribution in [0.1, 0.15) is 56.4 Å². The number of fused-ring (bicyclic) bond motifs is 2. The number of pyridine rings is 1. The van der Waals surface area contributed by atoms with Gasteiger partial charge in [-0.3, -0.25) is 0 Å². The van der Waals surface area contributed by atoms with Gasteiger partial charge in [-0.25, -0.2) is 4.98 Å². The van der Waals surface area contributed by atoms with Gasteiger partial charge >= 0.3 is 0 Å². The summed E-state index contributed by atoms with van der Waals surface area (Å²) >= 11 is 0. The third-order valence-corrected chi connectivity index (χ3v) is 4.94. The Balaban J connectivity index is 1.45. The molecule has 0 aliphatic heterocycles. The maximum atomic E-state index is 6.14. The first-order valence-electron chi connectivity index (χ1n) is 7.49. The summed E-state index contributed by atoms with van der Waals surface area (Å²) in [7, 11) is 0. The molecule has 0 unspecified atom stereocenters. The predicted molar refractivity (Wildman–Crippen MR) is 70.7 cm³/mol. The van der Waals surface area contributed by atoms with Crippen LogP contribution in [0.4, 0.5) is 0 Å². The van der Waals surface area contributed by atoms with Crippen LogP contribution in [0.3, 0.4) is 0 Å². The average Bonchev–Trinajstić information content (AvgIpc) is 3.16. The zero-order valence-electron chi connectivity index (χ0n) is 10.8. The molecule has 0 aromatic carbocycles. The molecule has 1 aromatic heterocycles. The summed E-state index contributed by atoms with van der Waals surface area (Å²) < 4.78 is 6.14. The first kappa shape index (κ1) is 10.8. The van der Waals surface area contributed by atoms with Crippen LogP contribution in [0.5, 0.6) is 5.88 Å². The zero-order chi connectivity index (χ0) is 11.9. The summed E-state index contributed by atoms with van der Waals surface area (Å²) in [6.45, 7) is 0. The topological polar surface area (TPSA) is 22.1 Å². The van der Waals surface area contributed by atoms with Crippen LogP contribution in [0.25, 0.3) is 0 Å². The minimum absolute atomic E-state index is 0.429. The van der Waals surface area contributed by atoms with Gasteiger partial charge in [0.1, 0.15) is 6.10 Å². The quantitative estimate of drug-likeness (QED) is 0.802. The van der Waals surface area contributed by atoms with Crippen molar-refractivity contribution in [1.29, 1.82) is 0 Å². The fraction of sp³-hybridized carbons (Fsp3) is 0.688. The van der Waals surface area contributed by atoms with E-state index < -0.39 is 0 Å². The molecule has 0 amide bonds. The zero-order valence-corrected chi connectivity index (χ0v) is 10.8. The Kier molecular flexibility index (Phi) is 2.56. The molecule has 3 aliphatic carbocycles. The van der Waals surface area contributed by atoms with Gasteiger partial charge in [0, 0.05) is 12.3 Å². The van der Waals surface area contributed by atoms with Crippen molar-refractivity contribution < 1.29 is 4.74 Å². The van der Waals surface area contributed by atoms with Crippen molar-refractivity contribution in [2.45, 2.75) is 57.0 Å². The Morgan fingerprint density at radius 2 is 1.78 bits per heavy atom. The molecule has 2 heteroatoms. The number of nitrogens with zero attached hydrogens (tertiary/aromatic N) is 1. The Hall–Kier alpha value is -1.05. The van der Waals surface area contributed by atoms with Crippen molar-refractivity contribution >= 4 is 0 Å². The molecule has 96 valence electrons. The number of hydrogen-bond acceptors (Lipinski definition) is 2. The summed E-state index contributed by atoms with van der Waals surface area (Å²) in [5, 5.41) is 0. The second kappa shape index (κ2) is 4.25. The highest BCUT2D eigenvalue weighted by atomic mass is 16.5. The summed E-state index contributed by atoms with van der Waals surface area (Å²) in [4.78, 5) is 4.39. The highest BCUT2D eigenvalue weighted by Gasteiger charge is 2.35. The average molecular weight is 243 g/mol. The van der Waals surface area contributed by atoms with E-state index in [2.05, 4.69) is 17.1 Å². The van der Waals surface area contributed by atoms with Gasteiger partial charge in [0.25, 0.3) is 0 Å². The van der Waals surface area contributed by atoms with Gasteiger partial charge in [-0.15, -0.1) is 0 Å². The van der Waals surface area contributed by atoms with Crippen LogP contribution in [-0.4, -0.2) is 11.1 Å². The maximum absolute atomic E-state index is 6.14. The van der Waals surface area contributed by atoms with Crippen LogP contribution < -0.4 is 4.74 Å². The van der Waals surface area contributed by atoms with Crippen LogP contribution in [0, 0.1) is 11.8 Å². The fourth-order valence-corrected chi connectivity index (χ4v) is 3.87. The summed E-state index contributed by atoms with van der Waals surface area (Å²) in [5.41, 5.74) is 1.43. The predicted octanol–water partition coefficient (Wildman–Crippen LogP) is 3.92. The molecule has 2 bridgehead atoms. The molecular formula is C16H21NO. The van der Waals surface area contributed by atoms with Gasteiger partial charge in [0.05, 0.1) is 0 Å². The van der Waals surface area contributed by atoms with Crippen molar-refractivity contribution in [2.75, 3.05) is 0 Å². The van der Waals surface area contributed by atoms with Gasteiger partial charge in [-0.2, -0.15) is 0 Å². The maximum Gasteiger partial charge on any atom is 0.213 e. The number of hydrogen-bond donors (Lipinski definition) is 0. The standard InChI is InChI=1S/C16H21NO/c1-2-12-7-11(1)8-15(9-12)18-16-10-14(5-6-17-16)13-3-4-13/h5-6,10-13,15H,1-4,7-9H2/t11-,12+,15-. The molecule has 1 aromatic rings. The van der Waals surface area contributed by atoms with Crippen LogP contribution in [0.2, 0.25) is 0 Å². The summed E-state index contributed by atoms with van der Waals surface area (Å²) in [5.74, 6) is 3.52. The minimum Gasteiger partial charge on any atom is -0.474 e. The van der Waals surface area contributed by atoms with E-state index in [9.17, 15) is 0 Å². The molecule has 3 fully saturated rings. The lowest BCUT2D eigenvalue weighted by molar-refractivity contribution is 0.114. The highest BCUT2D eigenvalue weighted by Crippen LogP contribution is 2.44. The lowest BCUT2D eigenvalue weighted by atomic mass is 9.87. The van der Waals surface area contributed by atoms with Gasteiger partial charge < -0.3 is 4.74 Å². The van der Waals surface area contributed by atoms with E-state index in [1.807, 2.05) is 6.20 Å². The highest BCUT2D eigenvalue weighted by molar-refractivity contribution is 5.27. The summed E-state index contributed by atoms with van der Waals surface area (Å²) in [6.07, 6.45) is 11.9. The Bertz CT molecular complexity index is 428. The Morgan fingerprint density at radius 1 is 1.00 bits per heavy atom. The van der Waals surface area contributed by atoms with Gasteiger partial charge in [-0.05, 0) is 61.5 Å². The minimum atomic E-state index is 0.429. The molecule has 3 atom stereocenters. The van der Waals surface area contributed by atoms with E-state index in [4.69, 9.17) is 4.74 Å². The lowest BCUT2D eigenvalue weighted by Gasteiger charge is -2.27. The SMILES string of the molecule is c1cc(C2CC2)cc(O[C@@H]2C[C@@H]3CC[C@@H](C3)C2)n1. The van der Waals surface area contributed by atoms with E-state index in [0.717, 1.165) is 23.6 Å². The van der Waals surface area contributed by atoms with Gasteiger partial charge in [-0.1, -0.05) is 12.8 Å². The molecule has 0 saturated heterocycles. The second-order valence-corrected chi connectivity index (χ2v) is 6.46. The third-order valence-electron chi connectivity index (χ3n) is 4.94. The first-order valence-corrected chi connectivity index (χ1v) is 7.49. The molecule has 2 nitrogen and oxygen atoms in total. The van der Waals surface area contributed by atoms with E-state index >= 15 is 0 Å². The smallest absolute Gasteiger partial charge is 0.213 e. The van der Waals surface area contributed by atoms with Crippen molar-refractivity contribution in [2.24, 2.45) is 11.8 Å². The number of aromatic nitrogens is 1. The normalized spacial score (nSPS) is 34.6. The van der Waals surface area contributed by atoms with Crippen LogP contribution >= 0.6 is 0 Å². The second-order valence-electron chi connectivity index (χ2n) is 6.46. The first-order chi connectivity index (χ1) is 8.87. The largest absolute Gasteiger partial charge is 0.474 e. The van der Waals surface area contributed by atoms with E-state index in [0.29, 0.717) is 6.10 Å². The molecule has 0 spiro atoms. The van der Waals surface area contributed by atoms with Crippen LogP contribution in [-0.2, 0) is 0 Å². The molecule has 0 N–H and O–H groups in total. The number of ether oxygens (including phenoxy) is 1. The number of rotatable bonds is 3. The summed E-state index contributed by atoms with van der Waals surface area (Å²) in [6, 6.07) is 4.32. The lowest BCUT2D eigenvalue weighted by Crippen LogP contribution is -2.26. The van der Waals surface area contributed by atoms with E-state index in [1.165, 1.54) is 50.5 Å². The third kappa shape index (κ3) is 2.13. The van der Waals surface area contributed by atoms with Crippen LogP contribution in [0.15, 0.2) is 18.3 Å². The van der Waals surface area contributed by atoms with E-state index in [-0.39, 0.29) is 0 Å². The van der Waals surface area contributed by atoms with Gasteiger partial charge in [0.2, 0.25) is 5.88 Å². The molecule has 18 heavy (non-hydrogen) atoms. The Labute approximate surface area is 109 Å². The van der Waals surface area contributed by atoms with E-state index in [1.54, 1.807) is 0 Å². The molecule has 3 saturated carbocycles. The molecule has 3 aliphatic rings. The van der Waals surface area contributed by atoms with Gasteiger partial charge in [0.15, 0.2) is 0 Å². The van der Waals surface area contributed by atoms with Crippen molar-refractivity contribution in [1.82, 2.24) is 4.98 Å².